The van der Waals surface area contributed by atoms with E-state index in [-0.39, 0.29) is 18.1 Å². The topological polar surface area (TPSA) is 96.5 Å². The predicted molar refractivity (Wildman–Crippen MR) is 123 cm³/mol. The van der Waals surface area contributed by atoms with E-state index in [1.165, 1.54) is 12.1 Å². The molecule has 0 aliphatic carbocycles. The predicted octanol–water partition coefficient (Wildman–Crippen LogP) is 3.25. The van der Waals surface area contributed by atoms with Gasteiger partial charge in [0, 0.05) is 55.1 Å². The van der Waals surface area contributed by atoms with Crippen LogP contribution in [0.2, 0.25) is 5.02 Å². The quantitative estimate of drug-likeness (QED) is 0.435. The molecule has 166 valence electrons. The van der Waals surface area contributed by atoms with Crippen LogP contribution in [0.1, 0.15) is 5.56 Å². The zero-order chi connectivity index (χ0) is 22.5. The Bertz CT molecular complexity index is 1090. The molecule has 0 saturated carbocycles. The van der Waals surface area contributed by atoms with Gasteiger partial charge >= 0.3 is 0 Å². The standard InChI is InChI=1S/C22H23ClN6O3/c23-20-4-2-1-3-17(20)15-28-21(9-10-24-28)25-22(30)16-26-11-13-27(14-12-26)18-5-7-19(8-6-18)29(31)32/h1-10H,11-16H2,(H,25,30). The van der Waals surface area contributed by atoms with Crippen molar-refractivity contribution in [2.75, 3.05) is 42.9 Å². The van der Waals surface area contributed by atoms with Gasteiger partial charge in [-0.2, -0.15) is 5.10 Å². The maximum atomic E-state index is 12.6. The molecule has 0 bridgehead atoms. The number of halogens is 1. The van der Waals surface area contributed by atoms with E-state index in [1.807, 2.05) is 24.3 Å². The van der Waals surface area contributed by atoms with E-state index in [2.05, 4.69) is 20.2 Å². The first kappa shape index (κ1) is 21.8. The minimum absolute atomic E-state index is 0.0813. The van der Waals surface area contributed by atoms with Crippen LogP contribution in [0, 0.1) is 10.1 Å². The van der Waals surface area contributed by atoms with Gasteiger partial charge in [0.05, 0.1) is 24.2 Å². The molecule has 4 rings (SSSR count). The third-order valence-corrected chi connectivity index (χ3v) is 5.80. The first-order chi connectivity index (χ1) is 15.5. The maximum Gasteiger partial charge on any atom is 0.269 e. The van der Waals surface area contributed by atoms with Crippen LogP contribution < -0.4 is 10.2 Å². The molecule has 0 unspecified atom stereocenters. The number of nitro groups is 1. The third-order valence-electron chi connectivity index (χ3n) is 5.43. The molecule has 2 aromatic carbocycles. The van der Waals surface area contributed by atoms with E-state index in [0.29, 0.717) is 17.4 Å². The number of carbonyl (C=O) groups is 1. The normalized spacial score (nSPS) is 14.3. The number of nitro benzene ring substituents is 1. The first-order valence-electron chi connectivity index (χ1n) is 10.3. The van der Waals surface area contributed by atoms with E-state index in [0.717, 1.165) is 37.4 Å². The zero-order valence-corrected chi connectivity index (χ0v) is 18.1. The summed E-state index contributed by atoms with van der Waals surface area (Å²) in [5.74, 6) is 0.522. The summed E-state index contributed by atoms with van der Waals surface area (Å²) in [5.41, 5.74) is 1.96. The highest BCUT2D eigenvalue weighted by Gasteiger charge is 2.20. The zero-order valence-electron chi connectivity index (χ0n) is 17.4. The Morgan fingerprint density at radius 2 is 1.78 bits per heavy atom. The highest BCUT2D eigenvalue weighted by Crippen LogP contribution is 2.21. The summed E-state index contributed by atoms with van der Waals surface area (Å²) in [7, 11) is 0. The number of nitrogens with zero attached hydrogens (tertiary/aromatic N) is 5. The second kappa shape index (κ2) is 9.80. The molecule has 0 radical (unpaired) electrons. The van der Waals surface area contributed by atoms with Crippen LogP contribution in [0.4, 0.5) is 17.2 Å². The Hall–Kier alpha value is -3.43. The average molecular weight is 455 g/mol. The fraction of sp³-hybridized carbons (Fsp3) is 0.273. The SMILES string of the molecule is O=C(CN1CCN(c2ccc([N+](=O)[O-])cc2)CC1)Nc1ccnn1Cc1ccccc1Cl. The fourth-order valence-electron chi connectivity index (χ4n) is 3.69. The number of hydrogen-bond donors (Lipinski definition) is 1. The van der Waals surface area contributed by atoms with Crippen LogP contribution in [0.25, 0.3) is 0 Å². The number of rotatable bonds is 7. The van der Waals surface area contributed by atoms with Crippen molar-refractivity contribution in [3.63, 3.8) is 0 Å². The van der Waals surface area contributed by atoms with Crippen molar-refractivity contribution in [1.29, 1.82) is 0 Å². The molecule has 3 aromatic rings. The summed E-state index contributed by atoms with van der Waals surface area (Å²) in [5, 5.41) is 18.7. The summed E-state index contributed by atoms with van der Waals surface area (Å²) in [4.78, 5) is 27.3. The molecule has 10 heteroatoms. The van der Waals surface area contributed by atoms with Crippen LogP contribution in [0.15, 0.2) is 60.8 Å². The van der Waals surface area contributed by atoms with Crippen LogP contribution in [0.5, 0.6) is 0 Å². The van der Waals surface area contributed by atoms with Gasteiger partial charge in [-0.05, 0) is 23.8 Å². The number of piperazine rings is 1. The lowest BCUT2D eigenvalue weighted by atomic mass is 10.2. The third kappa shape index (κ3) is 5.24. The number of aromatic nitrogens is 2. The first-order valence-corrected chi connectivity index (χ1v) is 10.6. The molecule has 2 heterocycles. The Labute approximate surface area is 190 Å². The maximum absolute atomic E-state index is 12.6. The van der Waals surface area contributed by atoms with E-state index < -0.39 is 4.92 Å². The molecular weight excluding hydrogens is 432 g/mol. The van der Waals surface area contributed by atoms with Gasteiger partial charge in [-0.1, -0.05) is 29.8 Å². The van der Waals surface area contributed by atoms with Crippen LogP contribution >= 0.6 is 11.6 Å². The average Bonchev–Trinajstić information content (AvgIpc) is 3.22. The summed E-state index contributed by atoms with van der Waals surface area (Å²) in [6.45, 7) is 3.69. The minimum Gasteiger partial charge on any atom is -0.369 e. The molecule has 32 heavy (non-hydrogen) atoms. The molecule has 0 atom stereocenters. The lowest BCUT2D eigenvalue weighted by molar-refractivity contribution is -0.384. The number of non-ortho nitro benzene ring substituents is 1. The molecule has 1 amide bonds. The van der Waals surface area contributed by atoms with Crippen molar-refractivity contribution in [3.8, 4) is 0 Å². The number of nitrogens with one attached hydrogen (secondary N) is 1. The molecular formula is C22H23ClN6O3. The van der Waals surface area contributed by atoms with Crippen LogP contribution in [-0.4, -0.2) is 58.2 Å². The highest BCUT2D eigenvalue weighted by atomic mass is 35.5. The van der Waals surface area contributed by atoms with E-state index >= 15 is 0 Å². The summed E-state index contributed by atoms with van der Waals surface area (Å²) in [6.07, 6.45) is 1.65. The monoisotopic (exact) mass is 454 g/mol. The Morgan fingerprint density at radius 1 is 1.06 bits per heavy atom. The van der Waals surface area contributed by atoms with Gasteiger partial charge in [0.25, 0.3) is 5.69 Å². The molecule has 1 N–H and O–H groups in total. The van der Waals surface area contributed by atoms with Gasteiger partial charge < -0.3 is 10.2 Å². The van der Waals surface area contributed by atoms with Crippen LogP contribution in [0.3, 0.4) is 0 Å². The van der Waals surface area contributed by atoms with Gasteiger partial charge in [-0.15, -0.1) is 0 Å². The van der Waals surface area contributed by atoms with Gasteiger partial charge in [0.1, 0.15) is 5.82 Å². The number of carbonyl (C=O) groups excluding carboxylic acids is 1. The number of amides is 1. The second-order valence-corrected chi connectivity index (χ2v) is 7.96. The lowest BCUT2D eigenvalue weighted by Crippen LogP contribution is -2.48. The fourth-order valence-corrected chi connectivity index (χ4v) is 3.88. The molecule has 1 saturated heterocycles. The van der Waals surface area contributed by atoms with Gasteiger partial charge in [0.15, 0.2) is 0 Å². The summed E-state index contributed by atoms with van der Waals surface area (Å²) < 4.78 is 1.71. The van der Waals surface area contributed by atoms with Gasteiger partial charge in [-0.3, -0.25) is 19.8 Å². The largest absolute Gasteiger partial charge is 0.369 e. The van der Waals surface area contributed by atoms with E-state index in [1.54, 1.807) is 29.1 Å². The molecule has 0 spiro atoms. The van der Waals surface area contributed by atoms with Crippen LogP contribution in [-0.2, 0) is 11.3 Å². The van der Waals surface area contributed by atoms with Crippen molar-refractivity contribution in [3.05, 3.63) is 81.5 Å². The Morgan fingerprint density at radius 3 is 2.47 bits per heavy atom. The van der Waals surface area contributed by atoms with E-state index in [4.69, 9.17) is 11.6 Å². The lowest BCUT2D eigenvalue weighted by Gasteiger charge is -2.35. The van der Waals surface area contributed by atoms with Crippen molar-refractivity contribution < 1.29 is 9.72 Å². The van der Waals surface area contributed by atoms with Gasteiger partial charge in [-0.25, -0.2) is 4.68 Å². The smallest absolute Gasteiger partial charge is 0.269 e. The van der Waals surface area contributed by atoms with Crippen molar-refractivity contribution in [2.45, 2.75) is 6.54 Å². The summed E-state index contributed by atoms with van der Waals surface area (Å²) in [6, 6.07) is 15.9. The van der Waals surface area contributed by atoms with Crippen molar-refractivity contribution in [1.82, 2.24) is 14.7 Å². The number of benzene rings is 2. The van der Waals surface area contributed by atoms with Crippen molar-refractivity contribution in [2.24, 2.45) is 0 Å². The molecule has 9 nitrogen and oxygen atoms in total. The minimum atomic E-state index is -0.402. The highest BCUT2D eigenvalue weighted by molar-refractivity contribution is 6.31. The Balaban J connectivity index is 1.28. The van der Waals surface area contributed by atoms with Gasteiger partial charge in [0.2, 0.25) is 5.91 Å². The molecule has 1 fully saturated rings. The Kier molecular flexibility index (Phi) is 6.67. The number of hydrogen-bond acceptors (Lipinski definition) is 6. The molecule has 1 aliphatic heterocycles. The second-order valence-electron chi connectivity index (χ2n) is 7.55. The summed E-state index contributed by atoms with van der Waals surface area (Å²) >= 11 is 6.24. The molecule has 1 aromatic heterocycles. The van der Waals surface area contributed by atoms with E-state index in [9.17, 15) is 14.9 Å². The van der Waals surface area contributed by atoms with Crippen molar-refractivity contribution >= 4 is 34.7 Å². The molecule has 1 aliphatic rings. The number of anilines is 2.